The molecule has 2 rings (SSSR count). The van der Waals surface area contributed by atoms with Crippen LogP contribution in [0.5, 0.6) is 0 Å². The minimum Gasteiger partial charge on any atom is -0.397 e. The Bertz CT molecular complexity index is 768. The highest BCUT2D eigenvalue weighted by molar-refractivity contribution is 9.10. The molecule has 0 amide bonds. The molecule has 5 nitrogen and oxygen atoms in total. The van der Waals surface area contributed by atoms with Crippen LogP contribution in [0.3, 0.4) is 0 Å². The van der Waals surface area contributed by atoms with Crippen molar-refractivity contribution in [1.82, 2.24) is 4.98 Å². The number of hydrogen-bond donors (Lipinski definition) is 2. The molecule has 0 bridgehead atoms. The fourth-order valence-electron chi connectivity index (χ4n) is 1.36. The van der Waals surface area contributed by atoms with Gasteiger partial charge < -0.3 is 5.73 Å². The van der Waals surface area contributed by atoms with Crippen molar-refractivity contribution in [3.05, 3.63) is 46.6 Å². The molecule has 0 aliphatic rings. The van der Waals surface area contributed by atoms with Gasteiger partial charge >= 0.3 is 0 Å². The molecule has 1 heterocycles. The minimum absolute atomic E-state index is 0.0102. The smallest absolute Gasteiger partial charge is 0.263 e. The van der Waals surface area contributed by atoms with E-state index in [-0.39, 0.29) is 5.82 Å². The number of halogens is 3. The molecule has 0 aliphatic carbocycles. The van der Waals surface area contributed by atoms with Crippen molar-refractivity contribution in [3.8, 4) is 0 Å². The van der Waals surface area contributed by atoms with Gasteiger partial charge in [0.1, 0.15) is 0 Å². The van der Waals surface area contributed by atoms with E-state index in [2.05, 4.69) is 25.6 Å². The monoisotopic (exact) mass is 363 g/mol. The second-order valence-corrected chi connectivity index (χ2v) is 6.32. The molecule has 0 unspecified atom stereocenters. The van der Waals surface area contributed by atoms with Gasteiger partial charge in [-0.2, -0.15) is 0 Å². The van der Waals surface area contributed by atoms with Gasteiger partial charge in [-0.3, -0.25) is 4.72 Å². The van der Waals surface area contributed by atoms with Gasteiger partial charge in [0, 0.05) is 0 Å². The van der Waals surface area contributed by atoms with E-state index in [4.69, 9.17) is 5.73 Å². The molecule has 0 atom stereocenters. The Labute approximate surface area is 122 Å². The molecule has 0 spiro atoms. The van der Waals surface area contributed by atoms with Crippen molar-refractivity contribution in [2.75, 3.05) is 10.5 Å². The van der Waals surface area contributed by atoms with Crippen molar-refractivity contribution in [2.45, 2.75) is 4.90 Å². The van der Waals surface area contributed by atoms with Crippen molar-refractivity contribution < 1.29 is 17.2 Å². The van der Waals surface area contributed by atoms with Crippen LogP contribution in [0, 0.1) is 11.6 Å². The zero-order valence-corrected chi connectivity index (χ0v) is 12.2. The van der Waals surface area contributed by atoms with Crippen LogP contribution < -0.4 is 10.5 Å². The molecule has 0 radical (unpaired) electrons. The predicted octanol–water partition coefficient (Wildman–Crippen LogP) is 2.51. The first kappa shape index (κ1) is 14.7. The number of rotatable bonds is 3. The van der Waals surface area contributed by atoms with E-state index < -0.39 is 26.6 Å². The Balaban J connectivity index is 2.38. The van der Waals surface area contributed by atoms with Gasteiger partial charge in [-0.1, -0.05) is 0 Å². The summed E-state index contributed by atoms with van der Waals surface area (Å²) in [5, 5.41) is 0. The van der Waals surface area contributed by atoms with Gasteiger partial charge in [0.2, 0.25) is 0 Å². The highest BCUT2D eigenvalue weighted by atomic mass is 79.9. The maximum absolute atomic E-state index is 13.1. The molecule has 1 aromatic carbocycles. The molecule has 1 aromatic heterocycles. The lowest BCUT2D eigenvalue weighted by Crippen LogP contribution is -2.15. The Morgan fingerprint density at radius 1 is 1.20 bits per heavy atom. The first-order valence-electron chi connectivity index (χ1n) is 5.18. The SMILES string of the molecule is Nc1cnc(NS(=O)(=O)c2ccc(F)c(F)c2)c(Br)c1. The van der Waals surface area contributed by atoms with Gasteiger partial charge in [-0.25, -0.2) is 22.2 Å². The molecule has 2 aromatic rings. The van der Waals surface area contributed by atoms with E-state index in [9.17, 15) is 17.2 Å². The van der Waals surface area contributed by atoms with Crippen LogP contribution in [0.25, 0.3) is 0 Å². The van der Waals surface area contributed by atoms with Gasteiger partial charge in [-0.15, -0.1) is 0 Å². The fraction of sp³-hybridized carbons (Fsp3) is 0. The van der Waals surface area contributed by atoms with E-state index in [0.717, 1.165) is 12.1 Å². The molecule has 9 heteroatoms. The molecule has 0 saturated heterocycles. The minimum atomic E-state index is -4.08. The third-order valence-corrected chi connectivity index (χ3v) is 4.24. The van der Waals surface area contributed by atoms with Crippen molar-refractivity contribution in [2.24, 2.45) is 0 Å². The largest absolute Gasteiger partial charge is 0.397 e. The number of hydrogen-bond acceptors (Lipinski definition) is 4. The van der Waals surface area contributed by atoms with Gasteiger partial charge in [0.05, 0.1) is 21.3 Å². The third-order valence-electron chi connectivity index (χ3n) is 2.29. The first-order valence-corrected chi connectivity index (χ1v) is 7.46. The zero-order valence-electron chi connectivity index (χ0n) is 9.77. The normalized spacial score (nSPS) is 11.3. The number of anilines is 2. The number of aromatic nitrogens is 1. The number of pyridine rings is 1. The number of sulfonamides is 1. The molecule has 0 aliphatic heterocycles. The van der Waals surface area contributed by atoms with Crippen molar-refractivity contribution in [3.63, 3.8) is 0 Å². The maximum Gasteiger partial charge on any atom is 0.263 e. The average molecular weight is 364 g/mol. The predicted molar refractivity (Wildman–Crippen MR) is 73.5 cm³/mol. The lowest BCUT2D eigenvalue weighted by Gasteiger charge is -2.09. The summed E-state index contributed by atoms with van der Waals surface area (Å²) in [6.07, 6.45) is 1.26. The quantitative estimate of drug-likeness (QED) is 0.877. The Kier molecular flexibility index (Phi) is 3.91. The number of nitrogens with two attached hydrogens (primary N) is 1. The molecule has 20 heavy (non-hydrogen) atoms. The second-order valence-electron chi connectivity index (χ2n) is 3.78. The molecule has 106 valence electrons. The highest BCUT2D eigenvalue weighted by Gasteiger charge is 2.18. The summed E-state index contributed by atoms with van der Waals surface area (Å²) in [7, 11) is -4.08. The summed E-state index contributed by atoms with van der Waals surface area (Å²) in [5.74, 6) is -2.39. The number of nitrogens with zero attached hydrogens (tertiary/aromatic N) is 1. The molecular weight excluding hydrogens is 356 g/mol. The van der Waals surface area contributed by atoms with Crippen LogP contribution in [0.15, 0.2) is 39.8 Å². The Morgan fingerprint density at radius 3 is 2.50 bits per heavy atom. The highest BCUT2D eigenvalue weighted by Crippen LogP contribution is 2.24. The maximum atomic E-state index is 13.1. The van der Waals surface area contributed by atoms with E-state index >= 15 is 0 Å². The Hall–Kier alpha value is -1.74. The standard InChI is InChI=1S/C11H8BrF2N3O2S/c12-8-3-6(15)5-16-11(8)17-20(18,19)7-1-2-9(13)10(14)4-7/h1-5H,15H2,(H,16,17). The van der Waals surface area contributed by atoms with Crippen LogP contribution in [-0.2, 0) is 10.0 Å². The zero-order chi connectivity index (χ0) is 14.9. The second kappa shape index (κ2) is 5.33. The number of benzene rings is 1. The lowest BCUT2D eigenvalue weighted by molar-refractivity contribution is 0.504. The first-order chi connectivity index (χ1) is 9.29. The van der Waals surface area contributed by atoms with Crippen LogP contribution in [0.2, 0.25) is 0 Å². The van der Waals surface area contributed by atoms with Crippen LogP contribution in [-0.4, -0.2) is 13.4 Å². The summed E-state index contributed by atoms with van der Waals surface area (Å²) in [6.45, 7) is 0. The van der Waals surface area contributed by atoms with Gasteiger partial charge in [0.15, 0.2) is 17.5 Å². The fourth-order valence-corrected chi connectivity index (χ4v) is 3.00. The molecule has 0 fully saturated rings. The van der Waals surface area contributed by atoms with Gasteiger partial charge in [-0.05, 0) is 40.2 Å². The van der Waals surface area contributed by atoms with E-state index in [1.165, 1.54) is 12.3 Å². The molecular formula is C11H8BrF2N3O2S. The summed E-state index contributed by atoms with van der Waals surface area (Å²) < 4.78 is 52.4. The Morgan fingerprint density at radius 2 is 1.90 bits per heavy atom. The van der Waals surface area contributed by atoms with Crippen LogP contribution >= 0.6 is 15.9 Å². The summed E-state index contributed by atoms with van der Waals surface area (Å²) in [5.41, 5.74) is 5.82. The van der Waals surface area contributed by atoms with Crippen LogP contribution in [0.4, 0.5) is 20.3 Å². The number of nitrogens with one attached hydrogen (secondary N) is 1. The van der Waals surface area contributed by atoms with Gasteiger partial charge in [0.25, 0.3) is 10.0 Å². The summed E-state index contributed by atoms with van der Waals surface area (Å²) >= 11 is 3.09. The number of nitrogen functional groups attached to an aromatic ring is 1. The van der Waals surface area contributed by atoms with E-state index in [1.807, 2.05) is 0 Å². The average Bonchev–Trinajstić information content (AvgIpc) is 2.36. The van der Waals surface area contributed by atoms with Crippen LogP contribution in [0.1, 0.15) is 0 Å². The third kappa shape index (κ3) is 3.05. The summed E-state index contributed by atoms with van der Waals surface area (Å²) in [4.78, 5) is 3.38. The molecule has 3 N–H and O–H groups in total. The van der Waals surface area contributed by atoms with Crippen molar-refractivity contribution in [1.29, 1.82) is 0 Å². The van der Waals surface area contributed by atoms with Crippen molar-refractivity contribution >= 4 is 37.5 Å². The lowest BCUT2D eigenvalue weighted by atomic mass is 10.3. The summed E-state index contributed by atoms with van der Waals surface area (Å²) in [6, 6.07) is 3.72. The topological polar surface area (TPSA) is 85.1 Å². The van der Waals surface area contributed by atoms with E-state index in [1.54, 1.807) is 0 Å². The van der Waals surface area contributed by atoms with E-state index in [0.29, 0.717) is 16.2 Å². The molecule has 0 saturated carbocycles.